The van der Waals surface area contributed by atoms with Crippen molar-refractivity contribution in [3.8, 4) is 5.69 Å². The molecule has 1 fully saturated rings. The van der Waals surface area contributed by atoms with Crippen molar-refractivity contribution in [1.82, 2.24) is 29.9 Å². The van der Waals surface area contributed by atoms with E-state index < -0.39 is 10.0 Å². The first-order valence-electron chi connectivity index (χ1n) is 10.8. The lowest BCUT2D eigenvalue weighted by Gasteiger charge is -2.16. The summed E-state index contributed by atoms with van der Waals surface area (Å²) >= 11 is 0. The van der Waals surface area contributed by atoms with Gasteiger partial charge < -0.3 is 5.32 Å². The number of aryl methyl sites for hydroxylation is 2. The lowest BCUT2D eigenvalue weighted by molar-refractivity contribution is 0.558. The zero-order valence-corrected chi connectivity index (χ0v) is 19.5. The van der Waals surface area contributed by atoms with Gasteiger partial charge in [-0.15, -0.1) is 5.10 Å². The second kappa shape index (κ2) is 7.89. The van der Waals surface area contributed by atoms with Crippen molar-refractivity contribution < 1.29 is 8.42 Å². The Morgan fingerprint density at radius 2 is 1.73 bits per heavy atom. The molecule has 10 heteroatoms. The van der Waals surface area contributed by atoms with Gasteiger partial charge in [0.25, 0.3) is 0 Å². The third-order valence-electron chi connectivity index (χ3n) is 6.03. The minimum Gasteiger partial charge on any atom is -0.362 e. The van der Waals surface area contributed by atoms with Gasteiger partial charge >= 0.3 is 0 Å². The number of fused-ring (bicyclic) bond motifs is 1. The van der Waals surface area contributed by atoms with E-state index in [0.29, 0.717) is 29.0 Å². The van der Waals surface area contributed by atoms with Crippen LogP contribution in [0.4, 0.5) is 5.82 Å². The second-order valence-corrected chi connectivity index (χ2v) is 10.4. The quantitative estimate of drug-likeness (QED) is 0.432. The van der Waals surface area contributed by atoms with Gasteiger partial charge in [0.1, 0.15) is 10.7 Å². The summed E-state index contributed by atoms with van der Waals surface area (Å²) in [4.78, 5) is 4.63. The fraction of sp³-hybridized carbons (Fsp3) is 0.304. The van der Waals surface area contributed by atoms with E-state index in [1.807, 2.05) is 57.2 Å². The highest BCUT2D eigenvalue weighted by molar-refractivity contribution is 7.89. The van der Waals surface area contributed by atoms with Crippen molar-refractivity contribution in [1.29, 1.82) is 0 Å². The highest BCUT2D eigenvalue weighted by Crippen LogP contribution is 2.37. The molecule has 0 saturated heterocycles. The van der Waals surface area contributed by atoms with Gasteiger partial charge in [-0.1, -0.05) is 42.5 Å². The van der Waals surface area contributed by atoms with Crippen molar-refractivity contribution in [3.05, 3.63) is 65.6 Å². The number of rotatable bonds is 7. The Hall–Kier alpha value is -3.37. The number of aromatic nitrogens is 5. The van der Waals surface area contributed by atoms with Gasteiger partial charge in [-0.25, -0.2) is 18.1 Å². The Kier molecular flexibility index (Phi) is 5.13. The van der Waals surface area contributed by atoms with Crippen LogP contribution in [0, 0.1) is 13.8 Å². The third kappa shape index (κ3) is 4.07. The summed E-state index contributed by atoms with van der Waals surface area (Å²) in [6.45, 7) is 6.27. The zero-order chi connectivity index (χ0) is 23.2. The number of sulfonamides is 1. The lowest BCUT2D eigenvalue weighted by Crippen LogP contribution is -2.34. The first-order valence-corrected chi connectivity index (χ1v) is 12.3. The highest BCUT2D eigenvalue weighted by atomic mass is 32.2. The number of nitrogens with one attached hydrogen (secondary N) is 2. The predicted octanol–water partition coefficient (Wildman–Crippen LogP) is 3.27. The van der Waals surface area contributed by atoms with E-state index in [-0.39, 0.29) is 10.4 Å². The molecule has 2 heterocycles. The molecule has 0 bridgehead atoms. The number of tetrazole rings is 1. The molecule has 170 valence electrons. The van der Waals surface area contributed by atoms with Crippen LogP contribution in [0.5, 0.6) is 0 Å². The summed E-state index contributed by atoms with van der Waals surface area (Å²) in [6, 6.07) is 13.4. The predicted molar refractivity (Wildman–Crippen MR) is 126 cm³/mol. The maximum absolute atomic E-state index is 13.0. The molecular formula is C23H25N7O2S. The van der Waals surface area contributed by atoms with Crippen molar-refractivity contribution in [2.45, 2.75) is 50.6 Å². The topological polar surface area (TPSA) is 115 Å². The molecule has 33 heavy (non-hydrogen) atoms. The molecular weight excluding hydrogens is 438 g/mol. The largest absolute Gasteiger partial charge is 0.362 e. The number of anilines is 1. The molecule has 0 amide bonds. The van der Waals surface area contributed by atoms with Crippen molar-refractivity contribution in [3.63, 3.8) is 0 Å². The Morgan fingerprint density at radius 1 is 1.03 bits per heavy atom. The molecule has 0 spiro atoms. The molecule has 0 atom stereocenters. The average molecular weight is 464 g/mol. The first kappa shape index (κ1) is 21.5. The molecule has 2 N–H and O–H groups in total. The van der Waals surface area contributed by atoms with Crippen LogP contribution < -0.4 is 10.0 Å². The molecule has 4 aromatic rings. The molecule has 2 aromatic carbocycles. The van der Waals surface area contributed by atoms with Gasteiger partial charge in [0, 0.05) is 22.5 Å². The van der Waals surface area contributed by atoms with Crippen LogP contribution in [-0.4, -0.2) is 39.1 Å². The summed E-state index contributed by atoms with van der Waals surface area (Å²) < 4.78 is 30.6. The summed E-state index contributed by atoms with van der Waals surface area (Å²) in [6.07, 6.45) is 3.09. The van der Waals surface area contributed by atoms with Gasteiger partial charge in [-0.3, -0.25) is 0 Å². The minimum absolute atomic E-state index is 0.178. The smallest absolute Gasteiger partial charge is 0.243 e. The number of para-hydroxylation sites is 1. The molecule has 0 unspecified atom stereocenters. The lowest BCUT2D eigenvalue weighted by atomic mass is 10.1. The Labute approximate surface area is 192 Å². The van der Waals surface area contributed by atoms with Gasteiger partial charge in [-0.2, -0.15) is 4.68 Å². The van der Waals surface area contributed by atoms with Crippen molar-refractivity contribution in [2.24, 2.45) is 0 Å². The second-order valence-electron chi connectivity index (χ2n) is 8.78. The molecule has 2 aromatic heterocycles. The normalized spacial score (nSPS) is 15.0. The number of hydrogen-bond donors (Lipinski definition) is 2. The van der Waals surface area contributed by atoms with E-state index >= 15 is 0 Å². The van der Waals surface area contributed by atoms with E-state index in [2.05, 4.69) is 30.5 Å². The monoisotopic (exact) mass is 463 g/mol. The van der Waals surface area contributed by atoms with Gasteiger partial charge in [0.2, 0.25) is 10.0 Å². The summed E-state index contributed by atoms with van der Waals surface area (Å²) in [7, 11) is -3.69. The van der Waals surface area contributed by atoms with E-state index in [4.69, 9.17) is 0 Å². The van der Waals surface area contributed by atoms with Gasteiger partial charge in [-0.05, 0) is 55.2 Å². The highest BCUT2D eigenvalue weighted by Gasteiger charge is 2.41. The Balaban J connectivity index is 1.47. The van der Waals surface area contributed by atoms with Crippen LogP contribution in [0.15, 0.2) is 53.6 Å². The molecule has 9 nitrogen and oxygen atoms in total. The fourth-order valence-electron chi connectivity index (χ4n) is 3.98. The van der Waals surface area contributed by atoms with Crippen LogP contribution in [0.2, 0.25) is 0 Å². The van der Waals surface area contributed by atoms with Crippen LogP contribution in [0.3, 0.4) is 0 Å². The third-order valence-corrected chi connectivity index (χ3v) is 7.69. The maximum Gasteiger partial charge on any atom is 0.243 e. The SMILES string of the molecule is Cc1cccc(C)c1-n1nnnc1CNc1ncc(S(=O)(=O)NC2(C)CC2)c2ccccc12. The van der Waals surface area contributed by atoms with E-state index in [9.17, 15) is 8.42 Å². The standard InChI is InChI=1S/C23H25N7O2S/c1-15-7-6-8-16(2)21(15)30-20(26-28-29-30)14-25-22-18-10-5-4-9-17(18)19(13-24-22)33(31,32)27-23(3)11-12-23/h4-10,13,27H,11-12,14H2,1-3H3,(H,24,25). The van der Waals surface area contributed by atoms with Crippen molar-refractivity contribution >= 4 is 26.6 Å². The maximum atomic E-state index is 13.0. The first-order chi connectivity index (χ1) is 15.8. The number of benzene rings is 2. The number of hydrogen-bond acceptors (Lipinski definition) is 7. The van der Waals surface area contributed by atoms with E-state index in [1.54, 1.807) is 10.7 Å². The van der Waals surface area contributed by atoms with Crippen molar-refractivity contribution in [2.75, 3.05) is 5.32 Å². The average Bonchev–Trinajstić information content (AvgIpc) is 3.31. The van der Waals surface area contributed by atoms with Crippen LogP contribution >= 0.6 is 0 Å². The Morgan fingerprint density at radius 3 is 2.42 bits per heavy atom. The Bertz CT molecular complexity index is 1440. The van der Waals surface area contributed by atoms with Gasteiger partial charge in [0.05, 0.1) is 12.2 Å². The molecule has 0 radical (unpaired) electrons. The molecule has 1 aliphatic carbocycles. The molecule has 5 rings (SSSR count). The van der Waals surface area contributed by atoms with Crippen LogP contribution in [0.25, 0.3) is 16.5 Å². The molecule has 0 aliphatic heterocycles. The van der Waals surface area contributed by atoms with Crippen LogP contribution in [-0.2, 0) is 16.6 Å². The number of nitrogens with zero attached hydrogens (tertiary/aromatic N) is 5. The van der Waals surface area contributed by atoms with Crippen LogP contribution in [0.1, 0.15) is 36.7 Å². The van der Waals surface area contributed by atoms with Gasteiger partial charge in [0.15, 0.2) is 5.82 Å². The molecule has 1 aliphatic rings. The van der Waals surface area contributed by atoms with E-state index in [1.165, 1.54) is 6.20 Å². The summed E-state index contributed by atoms with van der Waals surface area (Å²) in [5.41, 5.74) is 2.72. The van der Waals surface area contributed by atoms with E-state index in [0.717, 1.165) is 29.7 Å². The number of pyridine rings is 1. The fourth-order valence-corrected chi connectivity index (χ4v) is 5.60. The summed E-state index contributed by atoms with van der Waals surface area (Å²) in [5, 5.41) is 16.8. The molecule has 1 saturated carbocycles. The zero-order valence-electron chi connectivity index (χ0n) is 18.7. The minimum atomic E-state index is -3.69. The summed E-state index contributed by atoms with van der Waals surface area (Å²) in [5.74, 6) is 1.19.